The molecular weight excluding hydrogens is 516 g/mol. The molecule has 0 saturated heterocycles. The number of aryl methyl sites for hydroxylation is 2. The number of halogens is 1. The Hall–Kier alpha value is -0.740. The van der Waals surface area contributed by atoms with E-state index in [2.05, 4.69) is 55.8 Å². The Kier molecular flexibility index (Phi) is 10.9. The summed E-state index contributed by atoms with van der Waals surface area (Å²) in [4.78, 5) is 0. The van der Waals surface area contributed by atoms with Crippen LogP contribution in [-0.2, 0) is 12.8 Å². The third-order valence-electron chi connectivity index (χ3n) is 7.38. The molecule has 0 fully saturated rings. The van der Waals surface area contributed by atoms with Crippen molar-refractivity contribution in [2.24, 2.45) is 0 Å². The molecule has 2 heterocycles. The van der Waals surface area contributed by atoms with E-state index in [4.69, 9.17) is 10.7 Å². The molecule has 0 radical (unpaired) electrons. The SMILES string of the molecule is CCCCCCc1ccc2c(c1)sc1c3ccc(CCCCCCCCCCS(C)(C)Cl)cc3sc21. The van der Waals surface area contributed by atoms with E-state index in [0.29, 0.717) is 0 Å². The molecule has 4 heteroatoms. The summed E-state index contributed by atoms with van der Waals surface area (Å²) < 4.78 is 5.94. The lowest BCUT2D eigenvalue weighted by atomic mass is 10.0. The zero-order valence-electron chi connectivity index (χ0n) is 22.7. The molecule has 0 aliphatic carbocycles. The molecule has 2 aromatic carbocycles. The fourth-order valence-electron chi connectivity index (χ4n) is 5.25. The van der Waals surface area contributed by atoms with Crippen LogP contribution in [0.25, 0.3) is 29.6 Å². The third-order valence-corrected chi connectivity index (χ3v) is 11.6. The van der Waals surface area contributed by atoms with Crippen LogP contribution >= 0.6 is 42.6 Å². The molecule has 0 bridgehead atoms. The zero-order valence-corrected chi connectivity index (χ0v) is 25.9. The van der Waals surface area contributed by atoms with Gasteiger partial charge in [0.05, 0.1) is 9.40 Å². The molecule has 0 aliphatic heterocycles. The van der Waals surface area contributed by atoms with Gasteiger partial charge in [0.15, 0.2) is 0 Å². The average Bonchev–Trinajstić information content (AvgIpc) is 3.37. The van der Waals surface area contributed by atoms with E-state index in [1.807, 2.05) is 22.7 Å². The predicted octanol–water partition coefficient (Wildman–Crippen LogP) is 12.3. The first-order valence-electron chi connectivity index (χ1n) is 14.2. The van der Waals surface area contributed by atoms with Gasteiger partial charge in [-0.3, -0.25) is 0 Å². The van der Waals surface area contributed by atoms with Gasteiger partial charge in [-0.05, 0) is 73.6 Å². The molecule has 0 saturated carbocycles. The van der Waals surface area contributed by atoms with E-state index >= 15 is 0 Å². The number of benzene rings is 2. The molecule has 198 valence electrons. The lowest BCUT2D eigenvalue weighted by molar-refractivity contribution is 0.576. The average molecular weight is 561 g/mol. The zero-order chi connectivity index (χ0) is 25.4. The lowest BCUT2D eigenvalue weighted by Gasteiger charge is -2.21. The molecule has 4 rings (SSSR count). The Bertz CT molecular complexity index is 1230. The minimum Gasteiger partial charge on any atom is -0.169 e. The molecule has 0 unspecified atom stereocenters. The maximum atomic E-state index is 6.36. The summed E-state index contributed by atoms with van der Waals surface area (Å²) in [7, 11) is 5.55. The number of hydrogen-bond acceptors (Lipinski definition) is 2. The Morgan fingerprint density at radius 1 is 0.611 bits per heavy atom. The van der Waals surface area contributed by atoms with Crippen molar-refractivity contribution in [3.05, 3.63) is 47.5 Å². The molecule has 36 heavy (non-hydrogen) atoms. The second-order valence-corrected chi connectivity index (χ2v) is 18.8. The van der Waals surface area contributed by atoms with E-state index in [1.165, 1.54) is 136 Å². The van der Waals surface area contributed by atoms with Crippen LogP contribution in [-0.4, -0.2) is 18.3 Å². The molecular formula is C32H45ClS3. The number of rotatable bonds is 16. The van der Waals surface area contributed by atoms with Crippen molar-refractivity contribution in [1.82, 2.24) is 0 Å². The second kappa shape index (κ2) is 13.9. The quantitative estimate of drug-likeness (QED) is 0.119. The van der Waals surface area contributed by atoms with Gasteiger partial charge in [0.2, 0.25) is 0 Å². The summed E-state index contributed by atoms with van der Waals surface area (Å²) in [6, 6.07) is 14.5. The van der Waals surface area contributed by atoms with Crippen LogP contribution in [0.5, 0.6) is 0 Å². The van der Waals surface area contributed by atoms with E-state index < -0.39 is 9.24 Å². The van der Waals surface area contributed by atoms with Crippen LogP contribution in [0.15, 0.2) is 36.4 Å². The van der Waals surface area contributed by atoms with Crippen molar-refractivity contribution in [3.8, 4) is 0 Å². The van der Waals surface area contributed by atoms with Crippen LogP contribution in [0.1, 0.15) is 95.1 Å². The lowest BCUT2D eigenvalue weighted by Crippen LogP contribution is -1.93. The number of thiophene rings is 2. The summed E-state index contributed by atoms with van der Waals surface area (Å²) >= 11 is 4.01. The second-order valence-electron chi connectivity index (χ2n) is 11.0. The van der Waals surface area contributed by atoms with Gasteiger partial charge in [-0.25, -0.2) is 0 Å². The van der Waals surface area contributed by atoms with Crippen molar-refractivity contribution in [2.75, 3.05) is 18.3 Å². The molecule has 0 atom stereocenters. The maximum absolute atomic E-state index is 6.36. The van der Waals surface area contributed by atoms with Crippen molar-refractivity contribution < 1.29 is 0 Å². The Balaban J connectivity index is 1.24. The Morgan fingerprint density at radius 2 is 1.06 bits per heavy atom. The van der Waals surface area contributed by atoms with Crippen LogP contribution < -0.4 is 0 Å². The molecule has 4 aromatic rings. The first kappa shape index (κ1) is 28.3. The van der Waals surface area contributed by atoms with Gasteiger partial charge in [0.25, 0.3) is 0 Å². The van der Waals surface area contributed by atoms with Gasteiger partial charge in [0, 0.05) is 20.2 Å². The highest BCUT2D eigenvalue weighted by Gasteiger charge is 2.13. The summed E-state index contributed by atoms with van der Waals surface area (Å²) in [6.45, 7) is 2.29. The van der Waals surface area contributed by atoms with Crippen molar-refractivity contribution >= 4 is 72.2 Å². The maximum Gasteiger partial charge on any atom is 0.0542 e. The minimum absolute atomic E-state index is 0.816. The summed E-state index contributed by atoms with van der Waals surface area (Å²) in [5.74, 6) is 1.22. The molecule has 0 aliphatic rings. The van der Waals surface area contributed by atoms with Gasteiger partial charge in [0.1, 0.15) is 0 Å². The van der Waals surface area contributed by atoms with Crippen LogP contribution in [0, 0.1) is 0 Å². The van der Waals surface area contributed by atoms with Crippen molar-refractivity contribution in [1.29, 1.82) is 0 Å². The van der Waals surface area contributed by atoms with E-state index in [0.717, 1.165) is 0 Å². The van der Waals surface area contributed by atoms with Gasteiger partial charge in [-0.2, -0.15) is 9.24 Å². The Morgan fingerprint density at radius 3 is 1.53 bits per heavy atom. The first-order chi connectivity index (χ1) is 17.4. The van der Waals surface area contributed by atoms with Crippen LogP contribution in [0.3, 0.4) is 0 Å². The molecule has 2 aromatic heterocycles. The topological polar surface area (TPSA) is 0 Å². The largest absolute Gasteiger partial charge is 0.169 e. The summed E-state index contributed by atoms with van der Waals surface area (Å²) in [6.07, 6.45) is 23.1. The molecule has 0 nitrogen and oxygen atoms in total. The van der Waals surface area contributed by atoms with Gasteiger partial charge in [-0.1, -0.05) is 99.7 Å². The van der Waals surface area contributed by atoms with Crippen LogP contribution in [0.2, 0.25) is 0 Å². The van der Waals surface area contributed by atoms with E-state index in [-0.39, 0.29) is 0 Å². The minimum atomic E-state index is -0.816. The highest BCUT2D eigenvalue weighted by atomic mass is 35.7. The molecule has 0 amide bonds. The summed E-state index contributed by atoms with van der Waals surface area (Å²) in [5.41, 5.74) is 3.02. The summed E-state index contributed by atoms with van der Waals surface area (Å²) in [5, 5.41) is 2.92. The smallest absolute Gasteiger partial charge is 0.0542 e. The highest BCUT2D eigenvalue weighted by molar-refractivity contribution is 8.50. The standard InChI is InChI=1S/C32H45ClS3/c1-4-5-6-13-16-25-18-20-27-29(23-25)34-32-28-21-19-26(24-30(28)35-31(27)32)17-14-11-9-7-8-10-12-15-22-36(2,3)33/h18-21,23-24H,4-17,22H2,1-3H3. The van der Waals surface area contributed by atoms with Crippen molar-refractivity contribution in [2.45, 2.75) is 96.8 Å². The predicted molar refractivity (Wildman–Crippen MR) is 173 cm³/mol. The first-order valence-corrected chi connectivity index (χ1v) is 19.3. The van der Waals surface area contributed by atoms with Gasteiger partial charge >= 0.3 is 0 Å². The van der Waals surface area contributed by atoms with Crippen molar-refractivity contribution in [3.63, 3.8) is 0 Å². The van der Waals surface area contributed by atoms with Crippen LogP contribution in [0.4, 0.5) is 0 Å². The third kappa shape index (κ3) is 8.13. The fourth-order valence-corrected chi connectivity index (χ4v) is 9.25. The van der Waals surface area contributed by atoms with E-state index in [9.17, 15) is 0 Å². The van der Waals surface area contributed by atoms with E-state index in [1.54, 1.807) is 0 Å². The molecule has 0 N–H and O–H groups in total. The highest BCUT2D eigenvalue weighted by Crippen LogP contribution is 2.46. The number of fused-ring (bicyclic) bond motifs is 5. The van der Waals surface area contributed by atoms with Gasteiger partial charge < -0.3 is 0 Å². The Labute approximate surface area is 233 Å². The number of unbranched alkanes of at least 4 members (excludes halogenated alkanes) is 10. The monoisotopic (exact) mass is 560 g/mol. The van der Waals surface area contributed by atoms with Gasteiger partial charge in [-0.15, -0.1) is 22.7 Å². The fraction of sp³-hybridized carbons (Fsp3) is 0.562. The molecule has 0 spiro atoms. The normalized spacial score (nSPS) is 12.9. The number of hydrogen-bond donors (Lipinski definition) is 0.